The van der Waals surface area contributed by atoms with Gasteiger partial charge in [-0.05, 0) is 25.7 Å². The van der Waals surface area contributed by atoms with Crippen molar-refractivity contribution in [2.45, 2.75) is 361 Å². The van der Waals surface area contributed by atoms with E-state index in [-0.39, 0.29) is 25.7 Å². The number of esters is 4. The maximum Gasteiger partial charge on any atom is 0.472 e. The van der Waals surface area contributed by atoms with Crippen molar-refractivity contribution in [1.29, 1.82) is 0 Å². The van der Waals surface area contributed by atoms with E-state index in [1.807, 2.05) is 0 Å². The van der Waals surface area contributed by atoms with Crippen LogP contribution in [0, 0.1) is 0 Å². The Bertz CT molecular complexity index is 1640. The molecule has 17 nitrogen and oxygen atoms in total. The number of aliphatic hydroxyl groups excluding tert-OH is 1. The molecule has 0 spiro atoms. The van der Waals surface area contributed by atoms with Crippen molar-refractivity contribution in [3.05, 3.63) is 0 Å². The number of aliphatic hydroxyl groups is 1. The van der Waals surface area contributed by atoms with Gasteiger partial charge in [0.05, 0.1) is 26.4 Å². The maximum atomic E-state index is 13.0. The lowest BCUT2D eigenvalue weighted by Crippen LogP contribution is -2.30. The van der Waals surface area contributed by atoms with Gasteiger partial charge in [-0.15, -0.1) is 0 Å². The van der Waals surface area contributed by atoms with Gasteiger partial charge in [-0.3, -0.25) is 37.3 Å². The number of phosphoric ester groups is 2. The highest BCUT2D eigenvalue weighted by atomic mass is 31.2. The van der Waals surface area contributed by atoms with Crippen molar-refractivity contribution in [3.63, 3.8) is 0 Å². The van der Waals surface area contributed by atoms with Gasteiger partial charge >= 0.3 is 39.5 Å². The summed E-state index contributed by atoms with van der Waals surface area (Å²) in [6, 6.07) is 0. The lowest BCUT2D eigenvalue weighted by molar-refractivity contribution is -0.161. The third-order valence-electron chi connectivity index (χ3n) is 15.4. The predicted octanol–water partition coefficient (Wildman–Crippen LogP) is 18.7. The van der Waals surface area contributed by atoms with Crippen molar-refractivity contribution in [1.82, 2.24) is 0 Å². The number of phosphoric acid groups is 2. The average Bonchev–Trinajstić information content (AvgIpc) is 3.58. The van der Waals surface area contributed by atoms with Gasteiger partial charge in [-0.1, -0.05) is 291 Å². The van der Waals surface area contributed by atoms with Crippen LogP contribution in [-0.2, 0) is 65.4 Å². The first-order valence-electron chi connectivity index (χ1n) is 34.8. The molecule has 0 aliphatic rings. The van der Waals surface area contributed by atoms with Crippen LogP contribution in [0.3, 0.4) is 0 Å². The van der Waals surface area contributed by atoms with Crippen molar-refractivity contribution in [2.75, 3.05) is 39.6 Å². The molecule has 0 heterocycles. The summed E-state index contributed by atoms with van der Waals surface area (Å²) in [5, 5.41) is 10.5. The van der Waals surface area contributed by atoms with E-state index in [1.165, 1.54) is 154 Å². The van der Waals surface area contributed by atoms with Gasteiger partial charge < -0.3 is 33.8 Å². The summed E-state index contributed by atoms with van der Waals surface area (Å²) in [6.45, 7) is 4.83. The average molecular weight is 1260 g/mol. The smallest absolute Gasteiger partial charge is 0.462 e. The van der Waals surface area contributed by atoms with Crippen LogP contribution < -0.4 is 0 Å². The van der Waals surface area contributed by atoms with Crippen molar-refractivity contribution in [2.24, 2.45) is 0 Å². The van der Waals surface area contributed by atoms with Crippen LogP contribution >= 0.6 is 15.6 Å². The molecule has 0 saturated heterocycles. The molecular weight excluding hydrogens is 1130 g/mol. The van der Waals surface area contributed by atoms with E-state index in [2.05, 4.69) is 27.7 Å². The number of ether oxygens (including phenoxy) is 4. The van der Waals surface area contributed by atoms with Gasteiger partial charge in [-0.2, -0.15) is 0 Å². The van der Waals surface area contributed by atoms with E-state index < -0.39 is 97.5 Å². The fourth-order valence-corrected chi connectivity index (χ4v) is 11.6. The summed E-state index contributed by atoms with van der Waals surface area (Å²) in [4.78, 5) is 72.0. The Labute approximate surface area is 517 Å². The van der Waals surface area contributed by atoms with Crippen molar-refractivity contribution < 1.29 is 80.2 Å². The molecule has 19 heteroatoms. The molecule has 0 bridgehead atoms. The van der Waals surface area contributed by atoms with Crippen LogP contribution in [0.25, 0.3) is 0 Å². The Kier molecular flexibility index (Phi) is 59.6. The minimum absolute atomic E-state index is 0.105. The first kappa shape index (κ1) is 83.1. The zero-order chi connectivity index (χ0) is 62.6. The first-order chi connectivity index (χ1) is 41.2. The van der Waals surface area contributed by atoms with Crippen LogP contribution in [0.1, 0.15) is 342 Å². The third kappa shape index (κ3) is 60.7. The second kappa shape index (κ2) is 60.9. The highest BCUT2D eigenvalue weighted by molar-refractivity contribution is 7.47. The lowest BCUT2D eigenvalue weighted by Gasteiger charge is -2.21. The quantitative estimate of drug-likeness (QED) is 0.0222. The summed E-state index contributed by atoms with van der Waals surface area (Å²) >= 11 is 0. The molecule has 85 heavy (non-hydrogen) atoms. The molecule has 0 saturated carbocycles. The summed E-state index contributed by atoms with van der Waals surface area (Å²) < 4.78 is 67.9. The molecule has 0 fully saturated rings. The molecule has 2 unspecified atom stereocenters. The van der Waals surface area contributed by atoms with E-state index in [1.54, 1.807) is 0 Å². The lowest BCUT2D eigenvalue weighted by atomic mass is 10.0. The van der Waals surface area contributed by atoms with E-state index in [0.717, 1.165) is 109 Å². The number of carbonyl (C=O) groups excluding carboxylic acids is 4. The Morgan fingerprint density at radius 1 is 0.282 bits per heavy atom. The molecular formula is C66H128O17P2. The predicted molar refractivity (Wildman–Crippen MR) is 340 cm³/mol. The van der Waals surface area contributed by atoms with Crippen LogP contribution in [0.4, 0.5) is 0 Å². The Morgan fingerprint density at radius 2 is 0.471 bits per heavy atom. The van der Waals surface area contributed by atoms with Crippen molar-refractivity contribution >= 4 is 39.5 Å². The Hall–Kier alpha value is -1.94. The van der Waals surface area contributed by atoms with Gasteiger partial charge in [0, 0.05) is 25.7 Å². The van der Waals surface area contributed by atoms with Crippen LogP contribution in [0.2, 0.25) is 0 Å². The number of rotatable bonds is 67. The molecule has 0 amide bonds. The molecule has 0 aromatic carbocycles. The molecule has 0 aromatic rings. The molecule has 0 aliphatic heterocycles. The zero-order valence-corrected chi connectivity index (χ0v) is 56.4. The normalized spacial score (nSPS) is 14.1. The largest absolute Gasteiger partial charge is 0.472 e. The fraction of sp³-hybridized carbons (Fsp3) is 0.939. The Balaban J connectivity index is 5.10. The highest BCUT2D eigenvalue weighted by Gasteiger charge is 2.30. The molecule has 0 rings (SSSR count). The van der Waals surface area contributed by atoms with Crippen LogP contribution in [0.15, 0.2) is 0 Å². The van der Waals surface area contributed by atoms with Crippen LogP contribution in [-0.4, -0.2) is 96.7 Å². The van der Waals surface area contributed by atoms with Crippen LogP contribution in [0.5, 0.6) is 0 Å². The second-order valence-electron chi connectivity index (χ2n) is 23.9. The molecule has 5 atom stereocenters. The van der Waals surface area contributed by atoms with E-state index in [0.29, 0.717) is 25.7 Å². The molecule has 0 radical (unpaired) electrons. The van der Waals surface area contributed by atoms with Gasteiger partial charge in [0.15, 0.2) is 12.2 Å². The summed E-state index contributed by atoms with van der Waals surface area (Å²) in [7, 11) is -9.88. The van der Waals surface area contributed by atoms with E-state index >= 15 is 0 Å². The summed E-state index contributed by atoms with van der Waals surface area (Å²) in [5.74, 6) is -2.14. The first-order valence-corrected chi connectivity index (χ1v) is 37.8. The number of carbonyl (C=O) groups is 4. The van der Waals surface area contributed by atoms with Gasteiger partial charge in [0.2, 0.25) is 0 Å². The standard InChI is InChI=1S/C66H128O17P2/c1-5-9-13-17-21-24-26-27-28-29-30-31-32-33-34-35-37-41-45-49-53-66(71)83-62(57-77-64(69)51-47-43-40-36-25-22-18-14-10-6-2)59-81-85(74,75)79-55-60(67)54-78-84(72,73)80-58-61(56-76-63(68)50-46-42-38-20-16-12-8-4)82-65(70)52-48-44-39-23-19-15-11-7-3/h60-62,67H,5-59H2,1-4H3,(H,72,73)(H,74,75)/t60-,61+,62+/m0/s1. The van der Waals surface area contributed by atoms with Gasteiger partial charge in [0.25, 0.3) is 0 Å². The summed E-state index contributed by atoms with van der Waals surface area (Å²) in [5.41, 5.74) is 0. The zero-order valence-electron chi connectivity index (χ0n) is 54.6. The topological polar surface area (TPSA) is 237 Å². The highest BCUT2D eigenvalue weighted by Crippen LogP contribution is 2.45. The Morgan fingerprint density at radius 3 is 0.694 bits per heavy atom. The second-order valence-corrected chi connectivity index (χ2v) is 26.8. The molecule has 504 valence electrons. The monoisotopic (exact) mass is 1250 g/mol. The van der Waals surface area contributed by atoms with E-state index in [9.17, 15) is 43.2 Å². The summed E-state index contributed by atoms with van der Waals surface area (Å²) in [6.07, 6.45) is 47.5. The number of hydrogen-bond donors (Lipinski definition) is 3. The SMILES string of the molecule is CCCCCCCCCCCCCCCCCCCCCCC(=O)O[C@H](COC(=O)CCCCCCCCCCCC)COP(=O)(O)OC[C@@H](O)COP(=O)(O)OC[C@@H](COC(=O)CCCCCCCCC)OC(=O)CCCCCCCCCC. The molecule has 3 N–H and O–H groups in total. The van der Waals surface area contributed by atoms with Gasteiger partial charge in [0.1, 0.15) is 19.3 Å². The molecule has 0 aliphatic carbocycles. The minimum atomic E-state index is -4.94. The van der Waals surface area contributed by atoms with Gasteiger partial charge in [-0.25, -0.2) is 9.13 Å². The number of hydrogen-bond acceptors (Lipinski definition) is 15. The van der Waals surface area contributed by atoms with E-state index in [4.69, 9.17) is 37.0 Å². The number of unbranched alkanes of at least 4 members (excludes halogenated alkanes) is 41. The maximum absolute atomic E-state index is 13.0. The molecule has 0 aromatic heterocycles. The third-order valence-corrected chi connectivity index (χ3v) is 17.3. The minimum Gasteiger partial charge on any atom is -0.462 e. The van der Waals surface area contributed by atoms with Crippen molar-refractivity contribution in [3.8, 4) is 0 Å². The fourth-order valence-electron chi connectivity index (χ4n) is 9.99.